The van der Waals surface area contributed by atoms with E-state index in [1.54, 1.807) is 6.20 Å². The molecule has 0 amide bonds. The van der Waals surface area contributed by atoms with Gasteiger partial charge in [-0.3, -0.25) is 0 Å². The van der Waals surface area contributed by atoms with E-state index in [1.165, 1.54) is 5.56 Å². The van der Waals surface area contributed by atoms with Crippen molar-refractivity contribution in [1.29, 1.82) is 0 Å². The lowest BCUT2D eigenvalue weighted by molar-refractivity contribution is 0.868. The number of benzene rings is 2. The van der Waals surface area contributed by atoms with Gasteiger partial charge in [-0.15, -0.1) is 0 Å². The van der Waals surface area contributed by atoms with Gasteiger partial charge in [0.1, 0.15) is 11.6 Å². The molecule has 0 saturated heterocycles. The van der Waals surface area contributed by atoms with Gasteiger partial charge >= 0.3 is 0 Å². The highest BCUT2D eigenvalue weighted by molar-refractivity contribution is 5.62. The molecule has 0 aliphatic heterocycles. The molecule has 2 aromatic heterocycles. The van der Waals surface area contributed by atoms with Crippen molar-refractivity contribution in [3.8, 4) is 5.69 Å². The van der Waals surface area contributed by atoms with Gasteiger partial charge in [0.15, 0.2) is 0 Å². The van der Waals surface area contributed by atoms with Crippen molar-refractivity contribution < 1.29 is 0 Å². The number of rotatable bonds is 5. The predicted octanol–water partition coefficient (Wildman–Crippen LogP) is 5.07. The molecule has 0 spiro atoms. The molecule has 0 aliphatic carbocycles. The quantitative estimate of drug-likeness (QED) is 0.513. The monoisotopic (exact) mass is 370 g/mol. The van der Waals surface area contributed by atoms with Crippen molar-refractivity contribution in [3.05, 3.63) is 83.7 Å². The molecule has 0 radical (unpaired) electrons. The average Bonchev–Trinajstić information content (AvgIpc) is 2.98. The fourth-order valence-corrected chi connectivity index (χ4v) is 2.89. The lowest BCUT2D eigenvalue weighted by Gasteiger charge is -2.12. The fourth-order valence-electron chi connectivity index (χ4n) is 2.89. The van der Waals surface area contributed by atoms with Crippen LogP contribution >= 0.6 is 0 Å². The normalized spacial score (nSPS) is 10.7. The summed E-state index contributed by atoms with van der Waals surface area (Å²) in [5.74, 6) is 2.13. The van der Waals surface area contributed by atoms with Crippen LogP contribution in [-0.4, -0.2) is 19.7 Å². The number of para-hydroxylation sites is 1. The van der Waals surface area contributed by atoms with Crippen molar-refractivity contribution >= 4 is 23.3 Å². The summed E-state index contributed by atoms with van der Waals surface area (Å²) in [6.45, 7) is 6.14. The van der Waals surface area contributed by atoms with Gasteiger partial charge in [-0.25, -0.2) is 9.67 Å². The Morgan fingerprint density at radius 3 is 2.32 bits per heavy atom. The minimum atomic E-state index is 0.534. The summed E-state index contributed by atoms with van der Waals surface area (Å²) >= 11 is 0. The maximum atomic E-state index is 4.69. The molecule has 4 rings (SSSR count). The van der Waals surface area contributed by atoms with Gasteiger partial charge in [0.05, 0.1) is 11.4 Å². The van der Waals surface area contributed by atoms with Gasteiger partial charge in [0, 0.05) is 17.4 Å². The molecule has 2 aromatic carbocycles. The Balaban J connectivity index is 1.64. The van der Waals surface area contributed by atoms with Gasteiger partial charge in [-0.1, -0.05) is 35.9 Å². The highest BCUT2D eigenvalue weighted by Crippen LogP contribution is 2.26. The maximum Gasteiger partial charge on any atom is 0.229 e. The summed E-state index contributed by atoms with van der Waals surface area (Å²) in [6, 6.07) is 20.0. The first kappa shape index (κ1) is 17.7. The Morgan fingerprint density at radius 1 is 0.821 bits per heavy atom. The zero-order chi connectivity index (χ0) is 19.5. The molecule has 6 nitrogen and oxygen atoms in total. The summed E-state index contributed by atoms with van der Waals surface area (Å²) in [4.78, 5) is 8.90. The smallest absolute Gasteiger partial charge is 0.229 e. The van der Waals surface area contributed by atoms with Crippen LogP contribution in [0.15, 0.2) is 66.9 Å². The van der Waals surface area contributed by atoms with Crippen LogP contribution < -0.4 is 10.6 Å². The summed E-state index contributed by atoms with van der Waals surface area (Å²) in [6.07, 6.45) is 1.73. The van der Waals surface area contributed by atoms with Gasteiger partial charge in [0.25, 0.3) is 0 Å². The van der Waals surface area contributed by atoms with Crippen LogP contribution in [0.4, 0.5) is 23.3 Å². The van der Waals surface area contributed by atoms with E-state index >= 15 is 0 Å². The zero-order valence-corrected chi connectivity index (χ0v) is 16.1. The standard InChI is InChI=1S/C22H22N6/c1-15-9-11-19(12-10-15)28-21(16(2)17(3)27-28)25-20-13-14-23-22(26-20)24-18-7-5-4-6-8-18/h4-14H,1-3H3,(H2,23,24,25,26). The lowest BCUT2D eigenvalue weighted by atomic mass is 10.2. The van der Waals surface area contributed by atoms with Crippen molar-refractivity contribution in [2.45, 2.75) is 20.8 Å². The first-order valence-corrected chi connectivity index (χ1v) is 9.15. The van der Waals surface area contributed by atoms with Crippen molar-refractivity contribution in [3.63, 3.8) is 0 Å². The molecule has 4 aromatic rings. The van der Waals surface area contributed by atoms with E-state index in [1.807, 2.05) is 48.0 Å². The van der Waals surface area contributed by atoms with Crippen LogP contribution in [0.2, 0.25) is 0 Å². The minimum absolute atomic E-state index is 0.534. The Bertz CT molecular complexity index is 1080. The van der Waals surface area contributed by atoms with Gasteiger partial charge in [-0.2, -0.15) is 10.1 Å². The number of hydrogen-bond acceptors (Lipinski definition) is 5. The zero-order valence-electron chi connectivity index (χ0n) is 16.1. The second-order valence-corrected chi connectivity index (χ2v) is 6.69. The number of anilines is 4. The molecule has 6 heteroatoms. The lowest BCUT2D eigenvalue weighted by Crippen LogP contribution is -2.06. The third-order valence-corrected chi connectivity index (χ3v) is 4.57. The highest BCUT2D eigenvalue weighted by Gasteiger charge is 2.14. The SMILES string of the molecule is Cc1ccc(-n2nc(C)c(C)c2Nc2ccnc(Nc3ccccc3)n2)cc1. The summed E-state index contributed by atoms with van der Waals surface area (Å²) < 4.78 is 1.91. The largest absolute Gasteiger partial charge is 0.324 e. The molecular formula is C22H22N6. The molecule has 0 aliphatic rings. The molecule has 2 N–H and O–H groups in total. The van der Waals surface area contributed by atoms with Crippen LogP contribution in [0.5, 0.6) is 0 Å². The maximum absolute atomic E-state index is 4.69. The first-order valence-electron chi connectivity index (χ1n) is 9.15. The fraction of sp³-hybridized carbons (Fsp3) is 0.136. The van der Waals surface area contributed by atoms with Gasteiger partial charge in [-0.05, 0) is 51.1 Å². The molecule has 28 heavy (non-hydrogen) atoms. The predicted molar refractivity (Wildman–Crippen MR) is 113 cm³/mol. The number of aryl methyl sites for hydroxylation is 2. The molecule has 140 valence electrons. The van der Waals surface area contributed by atoms with E-state index in [-0.39, 0.29) is 0 Å². The highest BCUT2D eigenvalue weighted by atomic mass is 15.3. The third-order valence-electron chi connectivity index (χ3n) is 4.57. The van der Waals surface area contributed by atoms with E-state index in [0.717, 1.165) is 28.5 Å². The van der Waals surface area contributed by atoms with E-state index in [4.69, 9.17) is 5.10 Å². The van der Waals surface area contributed by atoms with Crippen molar-refractivity contribution in [2.75, 3.05) is 10.6 Å². The first-order chi connectivity index (χ1) is 13.6. The Morgan fingerprint density at radius 2 is 1.57 bits per heavy atom. The van der Waals surface area contributed by atoms with Crippen molar-refractivity contribution in [1.82, 2.24) is 19.7 Å². The van der Waals surface area contributed by atoms with E-state index in [0.29, 0.717) is 11.8 Å². The number of hydrogen-bond donors (Lipinski definition) is 2. The average molecular weight is 370 g/mol. The van der Waals surface area contributed by atoms with E-state index < -0.39 is 0 Å². The third kappa shape index (κ3) is 3.71. The van der Waals surface area contributed by atoms with Gasteiger partial charge in [0.2, 0.25) is 5.95 Å². The summed E-state index contributed by atoms with van der Waals surface area (Å²) in [5.41, 5.74) is 5.21. The molecule has 0 bridgehead atoms. The number of aromatic nitrogens is 4. The summed E-state index contributed by atoms with van der Waals surface area (Å²) in [5, 5.41) is 11.3. The van der Waals surface area contributed by atoms with Crippen molar-refractivity contribution in [2.24, 2.45) is 0 Å². The molecule has 0 atom stereocenters. The van der Waals surface area contributed by atoms with Crippen LogP contribution in [0.1, 0.15) is 16.8 Å². The molecule has 2 heterocycles. The Labute approximate surface area is 164 Å². The van der Waals surface area contributed by atoms with E-state index in [2.05, 4.69) is 58.7 Å². The second kappa shape index (κ2) is 7.52. The Hall–Kier alpha value is -3.67. The topological polar surface area (TPSA) is 67.7 Å². The number of nitrogens with one attached hydrogen (secondary N) is 2. The molecule has 0 unspecified atom stereocenters. The van der Waals surface area contributed by atoms with Crippen LogP contribution in [-0.2, 0) is 0 Å². The molecular weight excluding hydrogens is 348 g/mol. The molecule has 0 fully saturated rings. The molecule has 0 saturated carbocycles. The van der Waals surface area contributed by atoms with Crippen LogP contribution in [0, 0.1) is 20.8 Å². The van der Waals surface area contributed by atoms with Gasteiger partial charge < -0.3 is 10.6 Å². The minimum Gasteiger partial charge on any atom is -0.324 e. The second-order valence-electron chi connectivity index (χ2n) is 6.69. The summed E-state index contributed by atoms with van der Waals surface area (Å²) in [7, 11) is 0. The number of nitrogens with zero attached hydrogens (tertiary/aromatic N) is 4. The van der Waals surface area contributed by atoms with Crippen LogP contribution in [0.3, 0.4) is 0 Å². The Kier molecular flexibility index (Phi) is 4.76. The van der Waals surface area contributed by atoms with E-state index in [9.17, 15) is 0 Å². The van der Waals surface area contributed by atoms with Crippen LogP contribution in [0.25, 0.3) is 5.69 Å².